The predicted molar refractivity (Wildman–Crippen MR) is 112 cm³/mol. The van der Waals surface area contributed by atoms with Crippen LogP contribution in [0, 0.1) is 0 Å². The maximum atomic E-state index is 12.2. The van der Waals surface area contributed by atoms with Gasteiger partial charge in [0.2, 0.25) is 0 Å². The number of fused-ring (bicyclic) bond motifs is 1. The summed E-state index contributed by atoms with van der Waals surface area (Å²) in [7, 11) is 1.65. The molecule has 10 nitrogen and oxygen atoms in total. The summed E-state index contributed by atoms with van der Waals surface area (Å²) in [6.45, 7) is 1.73. The molecule has 0 bridgehead atoms. The van der Waals surface area contributed by atoms with Crippen LogP contribution >= 0.6 is 0 Å². The molecular weight excluding hydrogens is 386 g/mol. The number of carbonyl (C=O) groups is 1. The van der Waals surface area contributed by atoms with Crippen molar-refractivity contribution < 1.29 is 14.3 Å². The van der Waals surface area contributed by atoms with Gasteiger partial charge >= 0.3 is 6.09 Å². The molecule has 1 saturated heterocycles. The Balaban J connectivity index is 1.21. The number of hydrogen-bond donors (Lipinski definition) is 4. The first-order chi connectivity index (χ1) is 14.7. The molecule has 4 N–H and O–H groups in total. The molecule has 0 saturated carbocycles. The summed E-state index contributed by atoms with van der Waals surface area (Å²) >= 11 is 0. The zero-order valence-corrected chi connectivity index (χ0v) is 16.7. The lowest BCUT2D eigenvalue weighted by Gasteiger charge is -2.20. The van der Waals surface area contributed by atoms with Gasteiger partial charge in [-0.25, -0.2) is 19.7 Å². The van der Waals surface area contributed by atoms with Crippen molar-refractivity contribution in [3.63, 3.8) is 0 Å². The summed E-state index contributed by atoms with van der Waals surface area (Å²) < 4.78 is 10.8. The van der Waals surface area contributed by atoms with Crippen molar-refractivity contribution in [2.24, 2.45) is 0 Å². The summed E-state index contributed by atoms with van der Waals surface area (Å²) in [5, 5.41) is 9.36. The number of nitrogens with one attached hydrogen (secondary N) is 4. The minimum absolute atomic E-state index is 0.0944. The van der Waals surface area contributed by atoms with Gasteiger partial charge < -0.3 is 30.4 Å². The van der Waals surface area contributed by atoms with Gasteiger partial charge in [-0.05, 0) is 37.1 Å². The molecule has 0 spiro atoms. The van der Waals surface area contributed by atoms with Crippen LogP contribution in [0.1, 0.15) is 12.0 Å². The molecule has 4 rings (SSSR count). The Labute approximate surface area is 173 Å². The van der Waals surface area contributed by atoms with Crippen LogP contribution in [0.3, 0.4) is 0 Å². The van der Waals surface area contributed by atoms with Gasteiger partial charge in [-0.15, -0.1) is 0 Å². The normalized spacial score (nSPS) is 18.3. The van der Waals surface area contributed by atoms with Gasteiger partial charge in [0.15, 0.2) is 11.5 Å². The molecule has 158 valence electrons. The Hall–Kier alpha value is -3.40. The molecule has 1 aromatic carbocycles. The lowest BCUT2D eigenvalue weighted by atomic mass is 10.0. The average Bonchev–Trinajstić information content (AvgIpc) is 3.42. The number of nitrogens with zero attached hydrogens (tertiary/aromatic N) is 3. The number of ether oxygens (including phenoxy) is 2. The Bertz CT molecular complexity index is 976. The van der Waals surface area contributed by atoms with E-state index in [-0.39, 0.29) is 12.1 Å². The molecule has 30 heavy (non-hydrogen) atoms. The highest BCUT2D eigenvalue weighted by Crippen LogP contribution is 2.19. The molecule has 2 atom stereocenters. The molecule has 3 aromatic rings. The quantitative estimate of drug-likeness (QED) is 0.411. The highest BCUT2D eigenvalue weighted by Gasteiger charge is 2.30. The molecule has 1 amide bonds. The lowest BCUT2D eigenvalue weighted by molar-refractivity contribution is 0.0904. The standard InChI is InChI=1S/C20H25N7O3/c1-29-14-4-2-13(3-5-14)10-15-16(6-7-21-15)30-20(28)23-9-8-22-18-17-19(25-11-24-17)27-12-26-18/h2-5,11-12,15-16,21H,6-10H2,1H3,(H,23,28)(H2,22,24,25,26,27). The van der Waals surface area contributed by atoms with Crippen molar-refractivity contribution in [2.45, 2.75) is 25.0 Å². The molecule has 3 heterocycles. The zero-order chi connectivity index (χ0) is 20.8. The number of alkyl carbamates (subject to hydrolysis) is 1. The maximum absolute atomic E-state index is 12.2. The van der Waals surface area contributed by atoms with E-state index in [4.69, 9.17) is 9.47 Å². The average molecular weight is 411 g/mol. The van der Waals surface area contributed by atoms with Gasteiger partial charge in [-0.1, -0.05) is 12.1 Å². The first-order valence-electron chi connectivity index (χ1n) is 9.91. The molecule has 1 aliphatic rings. The van der Waals surface area contributed by atoms with Crippen LogP contribution in [-0.4, -0.2) is 64.9 Å². The zero-order valence-electron chi connectivity index (χ0n) is 16.7. The minimum Gasteiger partial charge on any atom is -0.497 e. The number of H-pyrrole nitrogens is 1. The number of carbonyl (C=O) groups excluding carboxylic acids is 1. The molecule has 10 heteroatoms. The number of aromatic nitrogens is 4. The van der Waals surface area contributed by atoms with Gasteiger partial charge in [-0.2, -0.15) is 0 Å². The number of amides is 1. The van der Waals surface area contributed by atoms with E-state index >= 15 is 0 Å². The maximum Gasteiger partial charge on any atom is 0.407 e. The van der Waals surface area contributed by atoms with Crippen LogP contribution in [0.2, 0.25) is 0 Å². The van der Waals surface area contributed by atoms with Crippen LogP contribution in [0.5, 0.6) is 5.75 Å². The van der Waals surface area contributed by atoms with Crippen molar-refractivity contribution in [3.05, 3.63) is 42.5 Å². The number of hydrogen-bond acceptors (Lipinski definition) is 8. The van der Waals surface area contributed by atoms with Crippen molar-refractivity contribution >= 4 is 23.1 Å². The Morgan fingerprint density at radius 2 is 2.07 bits per heavy atom. The fourth-order valence-electron chi connectivity index (χ4n) is 3.53. The third-order valence-corrected chi connectivity index (χ3v) is 5.07. The van der Waals surface area contributed by atoms with Crippen LogP contribution < -0.4 is 20.7 Å². The number of benzene rings is 1. The number of methoxy groups -OCH3 is 1. The predicted octanol–water partition coefficient (Wildman–Crippen LogP) is 1.47. The topological polar surface area (TPSA) is 126 Å². The second-order valence-electron chi connectivity index (χ2n) is 7.02. The summed E-state index contributed by atoms with van der Waals surface area (Å²) in [6.07, 6.45) is 4.02. The molecule has 1 fully saturated rings. The molecule has 0 radical (unpaired) electrons. The summed E-state index contributed by atoms with van der Waals surface area (Å²) in [5.74, 6) is 1.47. The van der Waals surface area contributed by atoms with E-state index in [0.717, 1.165) is 30.7 Å². The monoisotopic (exact) mass is 411 g/mol. The molecule has 2 aromatic heterocycles. The third kappa shape index (κ3) is 4.77. The van der Waals surface area contributed by atoms with E-state index in [1.807, 2.05) is 24.3 Å². The summed E-state index contributed by atoms with van der Waals surface area (Å²) in [5.41, 5.74) is 2.50. The van der Waals surface area contributed by atoms with E-state index in [0.29, 0.717) is 24.6 Å². The summed E-state index contributed by atoms with van der Waals surface area (Å²) in [4.78, 5) is 27.6. The smallest absolute Gasteiger partial charge is 0.407 e. The van der Waals surface area contributed by atoms with E-state index in [1.165, 1.54) is 11.9 Å². The highest BCUT2D eigenvalue weighted by atomic mass is 16.6. The summed E-state index contributed by atoms with van der Waals surface area (Å²) in [6, 6.07) is 8.04. The third-order valence-electron chi connectivity index (χ3n) is 5.07. The van der Waals surface area contributed by atoms with Gasteiger partial charge in [0.1, 0.15) is 23.7 Å². The van der Waals surface area contributed by atoms with Crippen molar-refractivity contribution in [3.8, 4) is 5.75 Å². The van der Waals surface area contributed by atoms with Crippen molar-refractivity contribution in [1.29, 1.82) is 0 Å². The van der Waals surface area contributed by atoms with Gasteiger partial charge in [0.25, 0.3) is 0 Å². The number of anilines is 1. The molecule has 1 aliphatic heterocycles. The number of rotatable bonds is 8. The van der Waals surface area contributed by atoms with Crippen LogP contribution in [0.4, 0.5) is 10.6 Å². The number of aromatic amines is 1. The largest absolute Gasteiger partial charge is 0.497 e. The minimum atomic E-state index is -0.417. The van der Waals surface area contributed by atoms with Crippen molar-refractivity contribution in [2.75, 3.05) is 32.1 Å². The molecule has 0 aliphatic carbocycles. The van der Waals surface area contributed by atoms with Crippen molar-refractivity contribution in [1.82, 2.24) is 30.6 Å². The van der Waals surface area contributed by atoms with Crippen LogP contribution in [0.25, 0.3) is 11.2 Å². The van der Waals surface area contributed by atoms with Gasteiger partial charge in [-0.3, -0.25) is 0 Å². The Morgan fingerprint density at radius 1 is 1.20 bits per heavy atom. The SMILES string of the molecule is COc1ccc(CC2NCCC2OC(=O)NCCNc2ncnc3nc[nH]c23)cc1. The second-order valence-corrected chi connectivity index (χ2v) is 7.02. The van der Waals surface area contributed by atoms with Gasteiger partial charge in [0.05, 0.1) is 13.4 Å². The first-order valence-corrected chi connectivity index (χ1v) is 9.91. The van der Waals surface area contributed by atoms with E-state index in [1.54, 1.807) is 13.4 Å². The van der Waals surface area contributed by atoms with E-state index in [9.17, 15) is 4.79 Å². The fraction of sp³-hybridized carbons (Fsp3) is 0.400. The van der Waals surface area contributed by atoms with Crippen LogP contribution in [-0.2, 0) is 11.2 Å². The fourth-order valence-corrected chi connectivity index (χ4v) is 3.53. The number of imidazole rings is 1. The second kappa shape index (κ2) is 9.40. The van der Waals surface area contributed by atoms with Crippen LogP contribution in [0.15, 0.2) is 36.9 Å². The molecular formula is C20H25N7O3. The Kier molecular flexibility index (Phi) is 6.23. The highest BCUT2D eigenvalue weighted by molar-refractivity contribution is 5.81. The Morgan fingerprint density at radius 3 is 2.90 bits per heavy atom. The van der Waals surface area contributed by atoms with E-state index in [2.05, 4.69) is 35.9 Å². The molecule has 2 unspecified atom stereocenters. The first kappa shape index (κ1) is 19.9. The lowest BCUT2D eigenvalue weighted by Crippen LogP contribution is -2.39. The van der Waals surface area contributed by atoms with Gasteiger partial charge in [0, 0.05) is 19.1 Å². The van der Waals surface area contributed by atoms with E-state index < -0.39 is 6.09 Å².